The molecule has 6 rings (SSSR count). The monoisotopic (exact) mass is 2040 g/mol. The van der Waals surface area contributed by atoms with Crippen LogP contribution in [0.2, 0.25) is 54.4 Å². The summed E-state index contributed by atoms with van der Waals surface area (Å²) in [5.74, 6) is 3.34. The van der Waals surface area contributed by atoms with E-state index in [-0.39, 0.29) is 40.8 Å². The lowest BCUT2D eigenvalue weighted by Crippen LogP contribution is -2.42. The predicted molar refractivity (Wildman–Crippen MR) is 525 cm³/mol. The first-order valence-electron chi connectivity index (χ1n) is 45.2. The van der Waals surface area contributed by atoms with E-state index in [1.807, 2.05) is 6.07 Å². The third-order valence-corrected chi connectivity index (χ3v) is 52.8. The first kappa shape index (κ1) is 126. The molecule has 122 heavy (non-hydrogen) atoms. The smallest absolute Gasteiger partial charge is 0.417 e. The standard InChI is InChI=1S/C18H36N2O5P2.C15H33O4PSi.C13H27IOSi.C13H28O2Si.C9H18ClN2OP.C9H19O4P.C7H14O2.C2H6O2P/c1-15(2)20(16(3)4)26(24-13-12-19-5)25-14-17-8-10-18(11-9-17)27(21,22-6)23-7;1-15(2,3)21(6,7)19-12-13-8-10-14(11-9-13)20(16,17-4)18-5;2*1-13(2,3)16(4,5)15-10-11-6-8-12(14)9-7-11;1-8(2)12(9(3)4)14(10)13-7-5-6-11;1-12-14(11,13-2)9-5-3-8(7-10)4-6-9;8-5-6-1-3-7(9)4-2-6;1-4-5(2)3/h15-18H,8-14H2,1-4,6-7H3;13-14H,8-12H2,1-7H3;11-12H,6-10H2,1-5H3;11-12,14H,6-10H2,1-5H3;8-9H,5,7H2,1-4H3;8-10H,3-7H2,1-2H3;6-9H,1-5H2;1-2H3/q;;;;;;;+1. The number of halogens is 2. The van der Waals surface area contributed by atoms with Gasteiger partial charge in [0, 0.05) is 104 Å². The largest absolute Gasteiger partial charge is 0.504 e. The van der Waals surface area contributed by atoms with Gasteiger partial charge in [-0.15, -0.1) is 4.52 Å². The minimum Gasteiger partial charge on any atom is -0.417 e. The fourth-order valence-corrected chi connectivity index (χ4v) is 27.3. The maximum atomic E-state index is 12.5. The van der Waals surface area contributed by atoms with Gasteiger partial charge in [0.15, 0.2) is 31.6 Å². The van der Waals surface area contributed by atoms with Crippen molar-refractivity contribution >= 4 is 106 Å². The zero-order valence-corrected chi connectivity index (χ0v) is 93.5. The molecule has 6 fully saturated rings. The fraction of sp³-hybridized carbons (Fsp3) is 0.977. The van der Waals surface area contributed by atoms with Crippen molar-refractivity contribution < 1.29 is 97.2 Å². The molecule has 6 saturated carbocycles. The Morgan fingerprint density at radius 3 is 0.975 bits per heavy atom. The Morgan fingerprint density at radius 2 is 0.730 bits per heavy atom. The topological polar surface area (TPSA) is 304 Å². The fourth-order valence-electron chi connectivity index (χ4n) is 14.2. The van der Waals surface area contributed by atoms with Crippen molar-refractivity contribution in [3.63, 3.8) is 0 Å². The van der Waals surface area contributed by atoms with Gasteiger partial charge < -0.3 is 79.3 Å². The van der Waals surface area contributed by atoms with E-state index in [9.17, 15) is 23.4 Å². The first-order valence-corrected chi connectivity index (χ1v) is 64.9. The molecule has 3 atom stereocenters. The quantitative estimate of drug-likeness (QED) is 0.0113. The highest BCUT2D eigenvalue weighted by molar-refractivity contribution is 14.1. The molecule has 4 N–H and O–H groups in total. The van der Waals surface area contributed by atoms with E-state index in [0.717, 1.165) is 158 Å². The van der Waals surface area contributed by atoms with Crippen LogP contribution in [-0.2, 0) is 76.8 Å². The highest BCUT2D eigenvalue weighted by Crippen LogP contribution is 2.60. The molecule has 6 aliphatic carbocycles. The highest BCUT2D eigenvalue weighted by atomic mass is 127. The summed E-state index contributed by atoms with van der Waals surface area (Å²) in [5, 5.41) is 45.4. The highest BCUT2D eigenvalue weighted by Gasteiger charge is 2.44. The summed E-state index contributed by atoms with van der Waals surface area (Å²) in [5.41, 5.74) is 0.0416. The SMILES string of the molecule is CC(C)(C)[Si](C)(C)OCC1CCC(I)CC1.CC(C)(C)[Si](C)(C)OCC1CCC(O)CC1.CC(C)N(C(C)C)P(Cl)OCCC#N.COP(=O)(OC)C1CCC(CO)CC1.COP(=O)(OC)C1CCC(CO[Si](C)(C)C(C)(C)C)CC1.CO[P+](C)=O.OCC1CCC(O)CC1.[C-]#[N+]CCOP(OCC1CCC(P(=O)(OC)OC)CC1)N(C(C)C)C(C)C. The van der Waals surface area contributed by atoms with E-state index >= 15 is 0 Å². The average Bonchev–Trinajstić information content (AvgIpc) is 0.845. The van der Waals surface area contributed by atoms with E-state index in [0.29, 0.717) is 103 Å². The molecule has 0 aliphatic heterocycles. The normalized spacial score (nSPS) is 24.7. The lowest BCUT2D eigenvalue weighted by atomic mass is 9.88. The minimum absolute atomic E-state index is 0.0142. The van der Waals surface area contributed by atoms with Crippen molar-refractivity contribution in [1.29, 1.82) is 5.26 Å². The second-order valence-corrected chi connectivity index (χ2v) is 67.8. The summed E-state index contributed by atoms with van der Waals surface area (Å²) >= 11 is 8.72. The molecular weight excluding hydrogens is 1860 g/mol. The van der Waals surface area contributed by atoms with Crippen molar-refractivity contribution in [3.8, 4) is 6.07 Å². The van der Waals surface area contributed by atoms with E-state index in [1.54, 1.807) is 0 Å². The molecule has 0 saturated heterocycles. The van der Waals surface area contributed by atoms with Crippen molar-refractivity contribution in [2.45, 2.75) is 390 Å². The number of nitrogens with zero attached hydrogens (tertiary/aromatic N) is 4. The third kappa shape index (κ3) is 50.2. The van der Waals surface area contributed by atoms with Crippen LogP contribution in [0.5, 0.6) is 0 Å². The van der Waals surface area contributed by atoms with Crippen LogP contribution in [0.25, 0.3) is 4.85 Å². The van der Waals surface area contributed by atoms with Gasteiger partial charge in [-0.2, -0.15) is 5.26 Å². The molecule has 0 radical (unpaired) electrons. The molecule has 36 heteroatoms. The van der Waals surface area contributed by atoms with Gasteiger partial charge in [0.05, 0.1) is 62.0 Å². The molecule has 0 bridgehead atoms. The van der Waals surface area contributed by atoms with Gasteiger partial charge in [0.1, 0.15) is 6.61 Å². The number of aliphatic hydroxyl groups excluding tert-OH is 4. The van der Waals surface area contributed by atoms with Crippen LogP contribution in [0.4, 0.5) is 0 Å². The van der Waals surface area contributed by atoms with Gasteiger partial charge in [-0.3, -0.25) is 13.7 Å². The summed E-state index contributed by atoms with van der Waals surface area (Å²) < 4.78 is 123. The van der Waals surface area contributed by atoms with Gasteiger partial charge in [0.25, 0.3) is 8.53 Å². The van der Waals surface area contributed by atoms with Gasteiger partial charge in [0.2, 0.25) is 14.2 Å². The Balaban J connectivity index is 0. The third-order valence-electron chi connectivity index (χ3n) is 25.7. The molecule has 0 aromatic carbocycles. The molecule has 0 aromatic rings. The van der Waals surface area contributed by atoms with Crippen LogP contribution in [0.15, 0.2) is 0 Å². The van der Waals surface area contributed by atoms with E-state index in [2.05, 4.69) is 198 Å². The van der Waals surface area contributed by atoms with Gasteiger partial charge in [-0.1, -0.05) is 84.9 Å². The zero-order chi connectivity index (χ0) is 94.3. The maximum Gasteiger partial charge on any atom is 0.504 e. The molecule has 6 aliphatic rings. The number of hydrogen-bond acceptors (Lipinski definition) is 24. The molecule has 726 valence electrons. The van der Waals surface area contributed by atoms with Crippen LogP contribution < -0.4 is 0 Å². The van der Waals surface area contributed by atoms with Crippen LogP contribution in [0, 0.1) is 53.4 Å². The van der Waals surface area contributed by atoms with Gasteiger partial charge in [-0.25, -0.2) is 15.9 Å². The summed E-state index contributed by atoms with van der Waals surface area (Å²) in [7, 11) is -6.94. The Labute approximate surface area is 770 Å². The van der Waals surface area contributed by atoms with Crippen molar-refractivity contribution in [3.05, 3.63) is 11.4 Å². The van der Waals surface area contributed by atoms with Crippen LogP contribution in [0.3, 0.4) is 0 Å². The Kier molecular flexibility index (Phi) is 66.4. The lowest BCUT2D eigenvalue weighted by Gasteiger charge is -2.38. The van der Waals surface area contributed by atoms with Crippen LogP contribution in [0.1, 0.15) is 278 Å². The Morgan fingerprint density at radius 1 is 0.467 bits per heavy atom. The molecule has 0 heterocycles. The van der Waals surface area contributed by atoms with Crippen molar-refractivity contribution in [2.75, 3.05) is 116 Å². The van der Waals surface area contributed by atoms with E-state index < -0.39 is 71.9 Å². The van der Waals surface area contributed by atoms with Gasteiger partial charge in [-0.05, 0) is 315 Å². The van der Waals surface area contributed by atoms with Crippen LogP contribution in [-0.4, -0.2) is 228 Å². The van der Waals surface area contributed by atoms with Crippen molar-refractivity contribution in [1.82, 2.24) is 9.34 Å². The number of rotatable bonds is 36. The predicted octanol–water partition coefficient (Wildman–Crippen LogP) is 26.0. The number of aliphatic hydroxyl groups is 4. The zero-order valence-electron chi connectivity index (χ0n) is 82.2. The number of nitriles is 1. The van der Waals surface area contributed by atoms with Crippen molar-refractivity contribution in [2.24, 2.45) is 35.5 Å². The molecule has 25 nitrogen and oxygen atoms in total. The minimum atomic E-state index is -2.98. The Hall–Kier alpha value is 1.54. The molecule has 0 spiro atoms. The number of alkyl halides is 1. The molecule has 0 amide bonds. The lowest BCUT2D eigenvalue weighted by molar-refractivity contribution is 0.0871. The maximum absolute atomic E-state index is 12.5. The van der Waals surface area contributed by atoms with E-state index in [4.69, 9.17) is 92.4 Å². The summed E-state index contributed by atoms with van der Waals surface area (Å²) in [6.07, 6.45) is 24.7. The second-order valence-electron chi connectivity index (χ2n) is 39.3. The molecular formula is C86H181ClIN4O21P6Si3+. The van der Waals surface area contributed by atoms with E-state index in [1.165, 1.54) is 82.1 Å². The first-order chi connectivity index (χ1) is 56.5. The van der Waals surface area contributed by atoms with Gasteiger partial charge >= 0.3 is 30.8 Å². The summed E-state index contributed by atoms with van der Waals surface area (Å²) in [4.78, 5) is 3.37. The van der Waals surface area contributed by atoms with Crippen LogP contribution >= 0.6 is 80.8 Å². The Bertz CT molecular complexity index is 2840. The molecule has 0 aromatic heterocycles. The second kappa shape index (κ2) is 64.5. The number of hydrogen-bond donors (Lipinski definition) is 4. The molecule has 3 unspecified atom stereocenters. The summed E-state index contributed by atoms with van der Waals surface area (Å²) in [6.45, 7) is 64.9. The average molecular weight is 2040 g/mol. The summed E-state index contributed by atoms with van der Waals surface area (Å²) in [6, 6.07) is 3.35.